The van der Waals surface area contributed by atoms with E-state index in [1.165, 1.54) is 11.6 Å². The summed E-state index contributed by atoms with van der Waals surface area (Å²) in [6, 6.07) is 5.24. The van der Waals surface area contributed by atoms with Crippen LogP contribution < -0.4 is 0 Å². The van der Waals surface area contributed by atoms with E-state index < -0.39 is 0 Å². The summed E-state index contributed by atoms with van der Waals surface area (Å²) in [6.07, 6.45) is 2.13. The van der Waals surface area contributed by atoms with Gasteiger partial charge in [-0.15, -0.1) is 0 Å². The van der Waals surface area contributed by atoms with E-state index in [1.807, 2.05) is 12.1 Å². The van der Waals surface area contributed by atoms with Crippen LogP contribution in [0.15, 0.2) is 22.7 Å². The predicted octanol–water partition coefficient (Wildman–Crippen LogP) is 4.94. The van der Waals surface area contributed by atoms with E-state index in [4.69, 9.17) is 0 Å². The van der Waals surface area contributed by atoms with Crippen molar-refractivity contribution in [1.29, 1.82) is 0 Å². The fraction of sp³-hybridized carbons (Fsp3) is 0.500. The van der Waals surface area contributed by atoms with Gasteiger partial charge in [-0.2, -0.15) is 0 Å². The SMILES string of the molecule is CC(Br)CC(C)Cc1ccc(F)c(Br)c1. The van der Waals surface area contributed by atoms with Crippen molar-refractivity contribution in [1.82, 2.24) is 0 Å². The zero-order valence-electron chi connectivity index (χ0n) is 8.93. The van der Waals surface area contributed by atoms with Crippen LogP contribution in [0.1, 0.15) is 25.8 Å². The molecule has 2 unspecified atom stereocenters. The van der Waals surface area contributed by atoms with Crippen LogP contribution in [0.4, 0.5) is 4.39 Å². The minimum absolute atomic E-state index is 0.194. The van der Waals surface area contributed by atoms with E-state index in [0.29, 0.717) is 15.2 Å². The Bertz CT molecular complexity index is 323. The first kappa shape index (κ1) is 13.2. The third kappa shape index (κ3) is 4.64. The van der Waals surface area contributed by atoms with Crippen molar-refractivity contribution in [2.24, 2.45) is 5.92 Å². The zero-order valence-corrected chi connectivity index (χ0v) is 12.1. The zero-order chi connectivity index (χ0) is 11.4. The maximum Gasteiger partial charge on any atom is 0.137 e. The fourth-order valence-corrected chi connectivity index (χ4v) is 2.77. The van der Waals surface area contributed by atoms with Crippen LogP contribution in [-0.2, 0) is 6.42 Å². The molecule has 3 heteroatoms. The second-order valence-corrected chi connectivity index (χ2v) is 6.49. The van der Waals surface area contributed by atoms with Crippen molar-refractivity contribution in [3.05, 3.63) is 34.1 Å². The van der Waals surface area contributed by atoms with Gasteiger partial charge in [0.1, 0.15) is 5.82 Å². The number of halogens is 3. The predicted molar refractivity (Wildman–Crippen MR) is 70.0 cm³/mol. The van der Waals surface area contributed by atoms with E-state index in [-0.39, 0.29) is 5.82 Å². The summed E-state index contributed by atoms with van der Waals surface area (Å²) in [4.78, 5) is 0.538. The maximum atomic E-state index is 13.0. The molecule has 1 aromatic carbocycles. The minimum atomic E-state index is -0.194. The Morgan fingerprint density at radius 3 is 2.53 bits per heavy atom. The van der Waals surface area contributed by atoms with E-state index in [9.17, 15) is 4.39 Å². The summed E-state index contributed by atoms with van der Waals surface area (Å²) in [6.45, 7) is 4.37. The van der Waals surface area contributed by atoms with Crippen LogP contribution in [0.2, 0.25) is 0 Å². The van der Waals surface area contributed by atoms with E-state index in [2.05, 4.69) is 45.7 Å². The normalized spacial score (nSPS) is 15.0. The molecule has 1 rings (SSSR count). The Kier molecular flexibility index (Phi) is 5.27. The van der Waals surface area contributed by atoms with Crippen LogP contribution in [0.3, 0.4) is 0 Å². The Balaban J connectivity index is 2.60. The van der Waals surface area contributed by atoms with Gasteiger partial charge < -0.3 is 0 Å². The lowest BCUT2D eigenvalue weighted by atomic mass is 9.97. The first-order chi connectivity index (χ1) is 6.99. The van der Waals surface area contributed by atoms with E-state index in [0.717, 1.165) is 12.8 Å². The van der Waals surface area contributed by atoms with E-state index in [1.54, 1.807) is 0 Å². The third-order valence-electron chi connectivity index (χ3n) is 2.30. The highest BCUT2D eigenvalue weighted by atomic mass is 79.9. The molecule has 0 spiro atoms. The first-order valence-corrected chi connectivity index (χ1v) is 6.78. The van der Waals surface area contributed by atoms with Crippen LogP contribution >= 0.6 is 31.9 Å². The summed E-state index contributed by atoms with van der Waals surface area (Å²) >= 11 is 6.75. The third-order valence-corrected chi connectivity index (χ3v) is 3.28. The van der Waals surface area contributed by atoms with Crippen LogP contribution in [0.5, 0.6) is 0 Å². The van der Waals surface area contributed by atoms with Gasteiger partial charge in [-0.25, -0.2) is 4.39 Å². The lowest BCUT2D eigenvalue weighted by Gasteiger charge is -2.13. The Morgan fingerprint density at radius 1 is 1.33 bits per heavy atom. The van der Waals surface area contributed by atoms with Crippen LogP contribution in [-0.4, -0.2) is 4.83 Å². The summed E-state index contributed by atoms with van der Waals surface area (Å²) in [5.41, 5.74) is 1.18. The summed E-state index contributed by atoms with van der Waals surface area (Å²) in [7, 11) is 0. The molecule has 0 heterocycles. The monoisotopic (exact) mass is 336 g/mol. The van der Waals surface area contributed by atoms with E-state index >= 15 is 0 Å². The number of rotatable bonds is 4. The van der Waals surface area contributed by atoms with Gasteiger partial charge in [0.05, 0.1) is 4.47 Å². The highest BCUT2D eigenvalue weighted by Gasteiger charge is 2.08. The lowest BCUT2D eigenvalue weighted by Crippen LogP contribution is -2.05. The van der Waals surface area contributed by atoms with Gasteiger partial charge in [-0.05, 0) is 52.4 Å². The largest absolute Gasteiger partial charge is 0.206 e. The van der Waals surface area contributed by atoms with Crippen LogP contribution in [0, 0.1) is 11.7 Å². The molecule has 0 amide bonds. The summed E-state index contributed by atoms with van der Waals surface area (Å²) < 4.78 is 13.5. The Morgan fingerprint density at radius 2 is 2.00 bits per heavy atom. The van der Waals surface area contributed by atoms with Crippen molar-refractivity contribution in [2.75, 3.05) is 0 Å². The molecule has 1 aromatic rings. The molecule has 15 heavy (non-hydrogen) atoms. The quantitative estimate of drug-likeness (QED) is 0.682. The highest BCUT2D eigenvalue weighted by molar-refractivity contribution is 9.10. The van der Waals surface area contributed by atoms with Crippen LogP contribution in [0.25, 0.3) is 0 Å². The smallest absolute Gasteiger partial charge is 0.137 e. The summed E-state index contributed by atoms with van der Waals surface area (Å²) in [5, 5.41) is 0. The molecule has 0 aromatic heterocycles. The Hall–Kier alpha value is 0.110. The summed E-state index contributed by atoms with van der Waals surface area (Å²) in [5.74, 6) is 0.414. The average Bonchev–Trinajstić information content (AvgIpc) is 2.10. The fourth-order valence-electron chi connectivity index (χ4n) is 1.71. The Labute approximate surface area is 108 Å². The molecule has 0 bridgehead atoms. The maximum absolute atomic E-state index is 13.0. The molecular formula is C12H15Br2F. The molecule has 0 saturated carbocycles. The molecule has 0 fully saturated rings. The standard InChI is InChI=1S/C12H15Br2F/c1-8(5-9(2)13)6-10-3-4-12(15)11(14)7-10/h3-4,7-9H,5-6H2,1-2H3. The molecule has 0 N–H and O–H groups in total. The minimum Gasteiger partial charge on any atom is -0.206 e. The molecule has 0 aliphatic carbocycles. The topological polar surface area (TPSA) is 0 Å². The number of hydrogen-bond acceptors (Lipinski definition) is 0. The molecule has 0 nitrogen and oxygen atoms in total. The van der Waals surface area contributed by atoms with Crippen molar-refractivity contribution in [3.8, 4) is 0 Å². The number of hydrogen-bond donors (Lipinski definition) is 0. The number of benzene rings is 1. The second-order valence-electron chi connectivity index (χ2n) is 4.07. The van der Waals surface area contributed by atoms with Crippen molar-refractivity contribution >= 4 is 31.9 Å². The molecule has 84 valence electrons. The van der Waals surface area contributed by atoms with Gasteiger partial charge >= 0.3 is 0 Å². The average molecular weight is 338 g/mol. The molecular weight excluding hydrogens is 323 g/mol. The molecule has 0 aliphatic rings. The second kappa shape index (κ2) is 6.00. The van der Waals surface area contributed by atoms with Gasteiger partial charge in [0.15, 0.2) is 0 Å². The first-order valence-electron chi connectivity index (χ1n) is 5.07. The van der Waals surface area contributed by atoms with Gasteiger partial charge in [0.25, 0.3) is 0 Å². The highest BCUT2D eigenvalue weighted by Crippen LogP contribution is 2.21. The molecule has 0 radical (unpaired) electrons. The van der Waals surface area contributed by atoms with Gasteiger partial charge in [0.2, 0.25) is 0 Å². The van der Waals surface area contributed by atoms with Crippen molar-refractivity contribution in [3.63, 3.8) is 0 Å². The molecule has 2 atom stereocenters. The number of alkyl halides is 1. The van der Waals surface area contributed by atoms with Gasteiger partial charge in [-0.1, -0.05) is 35.8 Å². The van der Waals surface area contributed by atoms with Crippen molar-refractivity contribution < 1.29 is 4.39 Å². The van der Waals surface area contributed by atoms with Crippen molar-refractivity contribution in [2.45, 2.75) is 31.5 Å². The molecule has 0 saturated heterocycles. The van der Waals surface area contributed by atoms with Gasteiger partial charge in [0, 0.05) is 4.83 Å². The molecule has 0 aliphatic heterocycles. The van der Waals surface area contributed by atoms with Gasteiger partial charge in [-0.3, -0.25) is 0 Å². The lowest BCUT2D eigenvalue weighted by molar-refractivity contribution is 0.531.